The minimum atomic E-state index is 0.0983. The third-order valence-corrected chi connectivity index (χ3v) is 3.71. The van der Waals surface area contributed by atoms with Crippen LogP contribution in [0.4, 0.5) is 0 Å². The predicted molar refractivity (Wildman–Crippen MR) is 66.4 cm³/mol. The highest BCUT2D eigenvalue weighted by Crippen LogP contribution is 2.29. The fourth-order valence-electron chi connectivity index (χ4n) is 2.39. The summed E-state index contributed by atoms with van der Waals surface area (Å²) in [4.78, 5) is 13.9. The number of rotatable bonds is 3. The van der Waals surface area contributed by atoms with Gasteiger partial charge in [0.15, 0.2) is 0 Å². The number of hydrogen-bond donors (Lipinski definition) is 0. The molecule has 0 aliphatic carbocycles. The van der Waals surface area contributed by atoms with Gasteiger partial charge in [-0.1, -0.05) is 6.08 Å². The maximum Gasteiger partial charge on any atom is 0.223 e. The zero-order chi connectivity index (χ0) is 12.6. The zero-order valence-electron chi connectivity index (χ0n) is 10.7. The van der Waals surface area contributed by atoms with Crippen LogP contribution in [0.15, 0.2) is 18.9 Å². The molecule has 1 saturated heterocycles. The van der Waals surface area contributed by atoms with E-state index in [4.69, 9.17) is 0 Å². The molecule has 0 spiro atoms. The highest BCUT2D eigenvalue weighted by molar-refractivity contribution is 5.79. The third-order valence-electron chi connectivity index (χ3n) is 3.71. The van der Waals surface area contributed by atoms with Gasteiger partial charge >= 0.3 is 0 Å². The van der Waals surface area contributed by atoms with E-state index in [2.05, 4.69) is 18.6 Å². The lowest BCUT2D eigenvalue weighted by atomic mass is 10.1. The first kappa shape index (κ1) is 11.9. The summed E-state index contributed by atoms with van der Waals surface area (Å²) in [5.74, 6) is 0.507. The molecule has 17 heavy (non-hydrogen) atoms. The van der Waals surface area contributed by atoms with Crippen LogP contribution in [-0.2, 0) is 11.8 Å². The van der Waals surface area contributed by atoms with Gasteiger partial charge in [-0.3, -0.25) is 9.48 Å². The second-order valence-electron chi connectivity index (χ2n) is 4.73. The van der Waals surface area contributed by atoms with Gasteiger partial charge in [0.05, 0.1) is 12.2 Å². The van der Waals surface area contributed by atoms with E-state index in [-0.39, 0.29) is 11.9 Å². The summed E-state index contributed by atoms with van der Waals surface area (Å²) in [6.45, 7) is 8.64. The van der Waals surface area contributed by atoms with Gasteiger partial charge < -0.3 is 4.90 Å². The fraction of sp³-hybridized carbons (Fsp3) is 0.538. The van der Waals surface area contributed by atoms with E-state index in [1.54, 1.807) is 0 Å². The summed E-state index contributed by atoms with van der Waals surface area (Å²) >= 11 is 0. The van der Waals surface area contributed by atoms with E-state index >= 15 is 0 Å². The van der Waals surface area contributed by atoms with Gasteiger partial charge in [-0.25, -0.2) is 0 Å². The number of carbonyl (C=O) groups excluding carboxylic acids is 1. The average molecular weight is 233 g/mol. The maximum atomic E-state index is 11.9. The smallest absolute Gasteiger partial charge is 0.223 e. The number of hydrogen-bond acceptors (Lipinski definition) is 2. The van der Waals surface area contributed by atoms with Crippen molar-refractivity contribution in [3.05, 3.63) is 30.1 Å². The van der Waals surface area contributed by atoms with Gasteiger partial charge in [0.2, 0.25) is 5.91 Å². The molecule has 2 unspecified atom stereocenters. The van der Waals surface area contributed by atoms with Crippen LogP contribution in [0.5, 0.6) is 0 Å². The van der Waals surface area contributed by atoms with Gasteiger partial charge in [0.1, 0.15) is 0 Å². The van der Waals surface area contributed by atoms with Crippen molar-refractivity contribution in [2.24, 2.45) is 13.0 Å². The maximum absolute atomic E-state index is 11.9. The van der Waals surface area contributed by atoms with Crippen LogP contribution < -0.4 is 0 Å². The standard InChI is InChI=1S/C13H19N3O/c1-5-11-6-13(17)16(8-11)10(3)12-7-14-15(4)9(12)2/h5,7,10-11H,1,6,8H2,2-4H3. The summed E-state index contributed by atoms with van der Waals surface area (Å²) < 4.78 is 1.84. The molecule has 2 atom stereocenters. The molecule has 1 fully saturated rings. The molecule has 1 aromatic rings. The molecule has 1 amide bonds. The Balaban J connectivity index is 2.21. The Bertz CT molecular complexity index is 450. The largest absolute Gasteiger partial charge is 0.335 e. The first-order chi connectivity index (χ1) is 8.04. The molecule has 2 rings (SSSR count). The molecule has 0 aromatic carbocycles. The van der Waals surface area contributed by atoms with Gasteiger partial charge in [0.25, 0.3) is 0 Å². The van der Waals surface area contributed by atoms with Crippen LogP contribution in [0.2, 0.25) is 0 Å². The van der Waals surface area contributed by atoms with E-state index in [9.17, 15) is 4.79 Å². The molecular weight excluding hydrogens is 214 g/mol. The van der Waals surface area contributed by atoms with E-state index in [1.165, 1.54) is 0 Å². The topological polar surface area (TPSA) is 38.1 Å². The first-order valence-corrected chi connectivity index (χ1v) is 5.95. The Labute approximate surface area is 102 Å². The second kappa shape index (κ2) is 4.35. The van der Waals surface area contributed by atoms with Crippen LogP contribution in [-0.4, -0.2) is 27.1 Å². The minimum Gasteiger partial charge on any atom is -0.335 e. The van der Waals surface area contributed by atoms with Crippen molar-refractivity contribution in [3.8, 4) is 0 Å². The molecule has 0 saturated carbocycles. The lowest BCUT2D eigenvalue weighted by Crippen LogP contribution is -2.28. The number of nitrogens with zero attached hydrogens (tertiary/aromatic N) is 3. The van der Waals surface area contributed by atoms with Crippen molar-refractivity contribution in [1.82, 2.24) is 14.7 Å². The molecule has 1 aliphatic heterocycles. The zero-order valence-corrected chi connectivity index (χ0v) is 10.7. The molecule has 4 heteroatoms. The fourth-order valence-corrected chi connectivity index (χ4v) is 2.39. The molecule has 4 nitrogen and oxygen atoms in total. The molecule has 0 bridgehead atoms. The van der Waals surface area contributed by atoms with Crippen molar-refractivity contribution in [3.63, 3.8) is 0 Å². The number of carbonyl (C=O) groups is 1. The molecule has 92 valence electrons. The van der Waals surface area contributed by atoms with Gasteiger partial charge in [-0.2, -0.15) is 5.10 Å². The molecule has 1 aromatic heterocycles. The Hall–Kier alpha value is -1.58. The van der Waals surface area contributed by atoms with Gasteiger partial charge in [-0.15, -0.1) is 6.58 Å². The monoisotopic (exact) mass is 233 g/mol. The summed E-state index contributed by atoms with van der Waals surface area (Å²) in [7, 11) is 1.92. The third kappa shape index (κ3) is 1.99. The number of aromatic nitrogens is 2. The predicted octanol–water partition coefficient (Wildman–Crippen LogP) is 1.82. The minimum absolute atomic E-state index is 0.0983. The highest BCUT2D eigenvalue weighted by atomic mass is 16.2. The SMILES string of the molecule is C=CC1CC(=O)N(C(C)c2cnn(C)c2C)C1. The van der Waals surface area contributed by atoms with Crippen LogP contribution in [0.1, 0.15) is 30.6 Å². The average Bonchev–Trinajstić information content (AvgIpc) is 2.83. The molecule has 1 aliphatic rings. The molecule has 2 heterocycles. The van der Waals surface area contributed by atoms with Crippen molar-refractivity contribution in [2.45, 2.75) is 26.3 Å². The van der Waals surface area contributed by atoms with E-state index in [0.717, 1.165) is 17.8 Å². The Morgan fingerprint density at radius 3 is 2.82 bits per heavy atom. The lowest BCUT2D eigenvalue weighted by molar-refractivity contribution is -0.129. The van der Waals surface area contributed by atoms with Crippen molar-refractivity contribution in [2.75, 3.05) is 6.54 Å². The normalized spacial score (nSPS) is 21.9. The summed E-state index contributed by atoms with van der Waals surface area (Å²) in [6, 6.07) is 0.0983. The van der Waals surface area contributed by atoms with E-state index in [0.29, 0.717) is 12.3 Å². The first-order valence-electron chi connectivity index (χ1n) is 5.95. The Morgan fingerprint density at radius 1 is 1.65 bits per heavy atom. The van der Waals surface area contributed by atoms with Crippen LogP contribution in [0.25, 0.3) is 0 Å². The van der Waals surface area contributed by atoms with Gasteiger partial charge in [-0.05, 0) is 13.8 Å². The van der Waals surface area contributed by atoms with Crippen LogP contribution in [0, 0.1) is 12.8 Å². The number of amides is 1. The Kier molecular flexibility index (Phi) is 3.05. The highest BCUT2D eigenvalue weighted by Gasteiger charge is 2.32. The summed E-state index contributed by atoms with van der Waals surface area (Å²) in [6.07, 6.45) is 4.32. The van der Waals surface area contributed by atoms with Crippen molar-refractivity contribution < 1.29 is 4.79 Å². The van der Waals surface area contributed by atoms with Crippen LogP contribution >= 0.6 is 0 Å². The van der Waals surface area contributed by atoms with E-state index < -0.39 is 0 Å². The van der Waals surface area contributed by atoms with Crippen molar-refractivity contribution in [1.29, 1.82) is 0 Å². The lowest BCUT2D eigenvalue weighted by Gasteiger charge is -2.24. The van der Waals surface area contributed by atoms with Crippen LogP contribution in [0.3, 0.4) is 0 Å². The molecular formula is C13H19N3O. The van der Waals surface area contributed by atoms with Gasteiger partial charge in [0, 0.05) is 37.2 Å². The van der Waals surface area contributed by atoms with Crippen molar-refractivity contribution >= 4 is 5.91 Å². The molecule has 0 radical (unpaired) electrons. The second-order valence-corrected chi connectivity index (χ2v) is 4.73. The number of aryl methyl sites for hydroxylation is 1. The molecule has 0 N–H and O–H groups in total. The number of likely N-dealkylation sites (tertiary alicyclic amines) is 1. The summed E-state index contributed by atoms with van der Waals surface area (Å²) in [5.41, 5.74) is 2.25. The quantitative estimate of drug-likeness (QED) is 0.747. The van der Waals surface area contributed by atoms with E-state index in [1.807, 2.05) is 35.8 Å². The Morgan fingerprint density at radius 2 is 2.35 bits per heavy atom. The summed E-state index contributed by atoms with van der Waals surface area (Å²) in [5, 5.41) is 4.23.